The lowest BCUT2D eigenvalue weighted by atomic mass is 10.1. The van der Waals surface area contributed by atoms with Gasteiger partial charge >= 0.3 is 0 Å². The van der Waals surface area contributed by atoms with Crippen LogP contribution < -0.4 is 15.5 Å². The Morgan fingerprint density at radius 2 is 1.67 bits per heavy atom. The average Bonchev–Trinajstić information content (AvgIpc) is 3.62. The molecule has 0 atom stereocenters. The Bertz CT molecular complexity index is 1860. The lowest BCUT2D eigenvalue weighted by Crippen LogP contribution is -2.44. The minimum atomic E-state index is -4.26. The van der Waals surface area contributed by atoms with Gasteiger partial charge in [-0.05, 0) is 44.3 Å². The van der Waals surface area contributed by atoms with Crippen LogP contribution in [0.1, 0.15) is 37.7 Å². The van der Waals surface area contributed by atoms with Crippen molar-refractivity contribution in [1.82, 2.24) is 24.6 Å². The van der Waals surface area contributed by atoms with Crippen molar-refractivity contribution in [2.45, 2.75) is 24.8 Å². The van der Waals surface area contributed by atoms with E-state index in [1.165, 1.54) is 6.20 Å². The Balaban J connectivity index is 1.27. The first-order valence-electron chi connectivity index (χ1n) is 14.1. The topological polar surface area (TPSA) is 157 Å². The molecular weight excluding hydrogens is 610 g/mol. The first-order chi connectivity index (χ1) is 21.5. The highest BCUT2D eigenvalue weighted by Gasteiger charge is 2.32. The number of amides is 2. The van der Waals surface area contributed by atoms with Gasteiger partial charge in [0.1, 0.15) is 23.0 Å². The molecule has 3 N–H and O–H groups in total. The smallest absolute Gasteiger partial charge is 0.260 e. The first-order valence-corrected chi connectivity index (χ1v) is 15.6. The van der Waals surface area contributed by atoms with E-state index >= 15 is 0 Å². The molecule has 0 radical (unpaired) electrons. The lowest BCUT2D eigenvalue weighted by molar-refractivity contribution is 0.102. The summed E-state index contributed by atoms with van der Waals surface area (Å²) in [4.78, 5) is 30.6. The molecule has 0 unspecified atom stereocenters. The van der Waals surface area contributed by atoms with E-state index in [9.17, 15) is 26.8 Å². The largest absolute Gasteiger partial charge is 0.369 e. The number of likely N-dealkylation sites (N-methyl/N-ethyl adjacent to an activating group) is 1. The fourth-order valence-corrected chi connectivity index (χ4v) is 6.83. The third-order valence-corrected chi connectivity index (χ3v) is 9.79. The van der Waals surface area contributed by atoms with Crippen LogP contribution in [0.15, 0.2) is 52.0 Å². The molecule has 2 aromatic carbocycles. The van der Waals surface area contributed by atoms with Crippen LogP contribution in [0.3, 0.4) is 0 Å². The van der Waals surface area contributed by atoms with Gasteiger partial charge in [0, 0.05) is 68.7 Å². The second-order valence-corrected chi connectivity index (χ2v) is 12.9. The number of aromatic nitrogens is 3. The van der Waals surface area contributed by atoms with Gasteiger partial charge in [0.15, 0.2) is 5.82 Å². The fraction of sp³-hybridized carbons (Fsp3) is 0.310. The van der Waals surface area contributed by atoms with Crippen molar-refractivity contribution in [3.63, 3.8) is 0 Å². The fourth-order valence-electron chi connectivity index (χ4n) is 5.38. The molecule has 16 heteroatoms. The second-order valence-electron chi connectivity index (χ2n) is 10.9. The maximum absolute atomic E-state index is 13.8. The molecule has 236 valence electrons. The Hall–Kier alpha value is -4.67. The summed E-state index contributed by atoms with van der Waals surface area (Å²) in [6, 6.07) is 7.25. The van der Waals surface area contributed by atoms with Gasteiger partial charge in [-0.25, -0.2) is 17.2 Å². The minimum Gasteiger partial charge on any atom is -0.369 e. The Kier molecular flexibility index (Phi) is 8.11. The van der Waals surface area contributed by atoms with Gasteiger partial charge in [-0.3, -0.25) is 14.7 Å². The van der Waals surface area contributed by atoms with E-state index in [2.05, 4.69) is 35.8 Å². The zero-order valence-electron chi connectivity index (χ0n) is 24.4. The molecule has 1 fully saturated rings. The Labute approximate surface area is 257 Å². The van der Waals surface area contributed by atoms with Gasteiger partial charge in [0.05, 0.1) is 22.3 Å². The number of fused-ring (bicyclic) bond motifs is 1. The number of sulfonamides is 1. The Morgan fingerprint density at radius 3 is 2.36 bits per heavy atom. The van der Waals surface area contributed by atoms with Crippen LogP contribution >= 0.6 is 0 Å². The molecule has 1 saturated heterocycles. The van der Waals surface area contributed by atoms with Crippen molar-refractivity contribution < 1.29 is 31.3 Å². The minimum absolute atomic E-state index is 0.0370. The lowest BCUT2D eigenvalue weighted by Gasteiger charge is -2.34. The van der Waals surface area contributed by atoms with Gasteiger partial charge in [-0.15, -0.1) is 0 Å². The van der Waals surface area contributed by atoms with E-state index in [1.54, 1.807) is 25.1 Å². The number of piperazine rings is 1. The molecule has 0 bridgehead atoms. The summed E-state index contributed by atoms with van der Waals surface area (Å²) < 4.78 is 60.2. The standard InChI is InChI=1S/C29H30F2N8O5S/c1-17-23(15-32-44-17)29(41)33-26-14-20(38-9-7-37(2)8-10-38)3-4-22(26)28(40)34-27-24-16-39(6-5-25(24)35-36-27)45(42,43)21-12-18(30)11-19(31)13-21/h3-4,11-15H,5-10,16H2,1-2H3,(H,33,41)(H2,34,35,36,40). The third kappa shape index (κ3) is 6.16. The summed E-state index contributed by atoms with van der Waals surface area (Å²) in [7, 11) is -2.22. The second kappa shape index (κ2) is 12.0. The molecule has 0 aliphatic carbocycles. The van der Waals surface area contributed by atoms with Crippen molar-refractivity contribution in [1.29, 1.82) is 0 Å². The number of H-pyrrole nitrogens is 1. The maximum atomic E-state index is 13.8. The van der Waals surface area contributed by atoms with Crippen LogP contribution in [0.25, 0.3) is 0 Å². The zero-order valence-corrected chi connectivity index (χ0v) is 25.2. The Morgan fingerprint density at radius 1 is 0.956 bits per heavy atom. The number of nitrogens with zero attached hydrogens (tertiary/aromatic N) is 5. The number of carbonyl (C=O) groups excluding carboxylic acids is 2. The van der Waals surface area contributed by atoms with Crippen LogP contribution in [0.2, 0.25) is 0 Å². The zero-order chi connectivity index (χ0) is 31.9. The van der Waals surface area contributed by atoms with Crippen molar-refractivity contribution in [3.8, 4) is 0 Å². The number of halogens is 2. The summed E-state index contributed by atoms with van der Waals surface area (Å²) >= 11 is 0. The quantitative estimate of drug-likeness (QED) is 0.276. The van der Waals surface area contributed by atoms with Crippen molar-refractivity contribution in [2.24, 2.45) is 0 Å². The molecule has 45 heavy (non-hydrogen) atoms. The van der Waals surface area contributed by atoms with E-state index in [1.807, 2.05) is 7.05 Å². The molecule has 4 aromatic rings. The van der Waals surface area contributed by atoms with E-state index in [0.29, 0.717) is 23.1 Å². The van der Waals surface area contributed by atoms with E-state index < -0.39 is 38.4 Å². The normalized spacial score (nSPS) is 16.0. The van der Waals surface area contributed by atoms with Crippen molar-refractivity contribution in [2.75, 3.05) is 55.3 Å². The number of anilines is 3. The van der Waals surface area contributed by atoms with Crippen LogP contribution in [-0.4, -0.2) is 84.6 Å². The summed E-state index contributed by atoms with van der Waals surface area (Å²) in [5.74, 6) is -2.72. The first kappa shape index (κ1) is 30.4. The summed E-state index contributed by atoms with van der Waals surface area (Å²) in [5.41, 5.74) is 2.45. The molecule has 0 saturated carbocycles. The van der Waals surface area contributed by atoms with Gasteiger partial charge in [0.25, 0.3) is 11.8 Å². The van der Waals surface area contributed by atoms with Gasteiger partial charge in [0.2, 0.25) is 10.0 Å². The molecule has 2 amide bonds. The van der Waals surface area contributed by atoms with E-state index in [0.717, 1.165) is 48.3 Å². The van der Waals surface area contributed by atoms with Crippen molar-refractivity contribution >= 4 is 39.0 Å². The molecule has 0 spiro atoms. The average molecular weight is 641 g/mol. The van der Waals surface area contributed by atoms with Crippen LogP contribution in [0, 0.1) is 18.6 Å². The monoisotopic (exact) mass is 640 g/mol. The number of hydrogen-bond donors (Lipinski definition) is 3. The SMILES string of the molecule is Cc1oncc1C(=O)Nc1cc(N2CCN(C)CC2)ccc1C(=O)Nc1n[nH]c2c1CN(S(=O)(=O)c1cc(F)cc(F)c1)CC2. The summed E-state index contributed by atoms with van der Waals surface area (Å²) in [6.45, 7) is 4.69. The van der Waals surface area contributed by atoms with Crippen LogP contribution in [0.5, 0.6) is 0 Å². The highest BCUT2D eigenvalue weighted by atomic mass is 32.2. The maximum Gasteiger partial charge on any atom is 0.260 e. The number of benzene rings is 2. The number of rotatable bonds is 7. The molecule has 4 heterocycles. The highest BCUT2D eigenvalue weighted by Crippen LogP contribution is 2.31. The van der Waals surface area contributed by atoms with Gasteiger partial charge in [-0.1, -0.05) is 5.16 Å². The molecular formula is C29H30F2N8O5S. The van der Waals surface area contributed by atoms with Gasteiger partial charge < -0.3 is 25.0 Å². The van der Waals surface area contributed by atoms with E-state index in [-0.39, 0.29) is 42.1 Å². The third-order valence-electron chi connectivity index (χ3n) is 7.96. The molecule has 2 aromatic heterocycles. The number of aryl methyl sites for hydroxylation is 1. The summed E-state index contributed by atoms with van der Waals surface area (Å²) in [5, 5.41) is 16.2. The van der Waals surface area contributed by atoms with E-state index in [4.69, 9.17) is 4.52 Å². The van der Waals surface area contributed by atoms with Crippen LogP contribution in [0.4, 0.5) is 26.0 Å². The highest BCUT2D eigenvalue weighted by molar-refractivity contribution is 7.89. The molecule has 2 aliphatic heterocycles. The number of nitrogens with one attached hydrogen (secondary N) is 3. The van der Waals surface area contributed by atoms with Crippen molar-refractivity contribution in [3.05, 3.63) is 82.4 Å². The number of aromatic amines is 1. The predicted molar refractivity (Wildman–Crippen MR) is 160 cm³/mol. The van der Waals surface area contributed by atoms with Crippen LogP contribution in [-0.2, 0) is 23.0 Å². The molecule has 13 nitrogen and oxygen atoms in total. The number of hydrogen-bond acceptors (Lipinski definition) is 9. The van der Waals surface area contributed by atoms with Gasteiger partial charge in [-0.2, -0.15) is 9.40 Å². The predicted octanol–water partition coefficient (Wildman–Crippen LogP) is 2.99. The number of carbonyl (C=O) groups is 2. The molecule has 2 aliphatic rings. The summed E-state index contributed by atoms with van der Waals surface area (Å²) in [6.07, 6.45) is 1.52. The molecule has 6 rings (SSSR count).